The fraction of sp³-hybridized carbons (Fsp3) is 0.471. The summed E-state index contributed by atoms with van der Waals surface area (Å²) >= 11 is 1.57. The molecule has 0 spiro atoms. The van der Waals surface area contributed by atoms with Crippen LogP contribution in [0.15, 0.2) is 18.2 Å². The molecule has 1 heterocycles. The number of methoxy groups -OCH3 is 1. The van der Waals surface area contributed by atoms with Crippen molar-refractivity contribution in [2.24, 2.45) is 5.92 Å². The Bertz CT molecular complexity index is 611. The number of Topliss-reactive ketones (excluding diaryl/α,β-unsaturated/α-hetero) is 1. The van der Waals surface area contributed by atoms with Crippen LogP contribution in [0.1, 0.15) is 48.8 Å². The van der Waals surface area contributed by atoms with Crippen molar-refractivity contribution in [3.8, 4) is 5.75 Å². The van der Waals surface area contributed by atoms with E-state index in [1.807, 2.05) is 6.07 Å². The average Bonchev–Trinajstić information content (AvgIpc) is 2.80. The van der Waals surface area contributed by atoms with Crippen LogP contribution in [0.25, 0.3) is 10.1 Å². The molecule has 1 aromatic carbocycles. The SMILES string of the molecule is CCCc1cc2cc(C(=O)CC(C)C)sc2cc1OC. The molecule has 0 bridgehead atoms. The molecule has 0 aliphatic rings. The molecule has 0 atom stereocenters. The summed E-state index contributed by atoms with van der Waals surface area (Å²) in [5, 5.41) is 1.16. The number of carbonyl (C=O) groups excluding carboxylic acids is 1. The minimum absolute atomic E-state index is 0.247. The molecule has 0 N–H and O–H groups in total. The van der Waals surface area contributed by atoms with E-state index < -0.39 is 0 Å². The van der Waals surface area contributed by atoms with Crippen molar-refractivity contribution < 1.29 is 9.53 Å². The quantitative estimate of drug-likeness (QED) is 0.692. The molecule has 0 saturated carbocycles. The maximum Gasteiger partial charge on any atom is 0.173 e. The molecule has 2 rings (SSSR count). The van der Waals surface area contributed by atoms with Crippen LogP contribution in [0.4, 0.5) is 0 Å². The van der Waals surface area contributed by atoms with Crippen LogP contribution >= 0.6 is 11.3 Å². The lowest BCUT2D eigenvalue weighted by Crippen LogP contribution is -2.00. The van der Waals surface area contributed by atoms with Crippen molar-refractivity contribution in [1.82, 2.24) is 0 Å². The fourth-order valence-corrected chi connectivity index (χ4v) is 3.40. The minimum Gasteiger partial charge on any atom is -0.496 e. The predicted molar refractivity (Wildman–Crippen MR) is 86.2 cm³/mol. The highest BCUT2D eigenvalue weighted by atomic mass is 32.1. The van der Waals surface area contributed by atoms with Crippen molar-refractivity contribution in [3.63, 3.8) is 0 Å². The van der Waals surface area contributed by atoms with E-state index in [0.717, 1.165) is 33.6 Å². The van der Waals surface area contributed by atoms with Gasteiger partial charge in [0.1, 0.15) is 5.75 Å². The highest BCUT2D eigenvalue weighted by Crippen LogP contribution is 2.33. The molecule has 0 aliphatic heterocycles. The molecule has 1 aromatic heterocycles. The molecule has 108 valence electrons. The summed E-state index contributed by atoms with van der Waals surface area (Å²) < 4.78 is 6.60. The largest absolute Gasteiger partial charge is 0.496 e. The van der Waals surface area contributed by atoms with Crippen molar-refractivity contribution >= 4 is 27.2 Å². The van der Waals surface area contributed by atoms with Crippen LogP contribution in [-0.2, 0) is 6.42 Å². The third kappa shape index (κ3) is 3.21. The molecule has 0 fully saturated rings. The Morgan fingerprint density at radius 1 is 1.30 bits per heavy atom. The van der Waals surface area contributed by atoms with E-state index in [1.165, 1.54) is 5.56 Å². The summed E-state index contributed by atoms with van der Waals surface area (Å²) in [6.07, 6.45) is 2.71. The third-order valence-electron chi connectivity index (χ3n) is 3.31. The molecular weight excluding hydrogens is 268 g/mol. The Morgan fingerprint density at radius 3 is 2.65 bits per heavy atom. The van der Waals surface area contributed by atoms with Crippen molar-refractivity contribution in [2.45, 2.75) is 40.0 Å². The number of fused-ring (bicyclic) bond motifs is 1. The number of benzene rings is 1. The molecular formula is C17H22O2S. The maximum absolute atomic E-state index is 12.2. The van der Waals surface area contributed by atoms with Gasteiger partial charge in [0.05, 0.1) is 12.0 Å². The Morgan fingerprint density at radius 2 is 2.05 bits per heavy atom. The van der Waals surface area contributed by atoms with Crippen LogP contribution in [0, 0.1) is 5.92 Å². The van der Waals surface area contributed by atoms with Gasteiger partial charge in [-0.15, -0.1) is 11.3 Å². The smallest absolute Gasteiger partial charge is 0.173 e. The van der Waals surface area contributed by atoms with E-state index in [-0.39, 0.29) is 5.78 Å². The second-order valence-corrected chi connectivity index (χ2v) is 6.67. The molecule has 0 saturated heterocycles. The number of thiophene rings is 1. The first-order valence-corrected chi connectivity index (χ1v) is 8.00. The second-order valence-electron chi connectivity index (χ2n) is 5.58. The van der Waals surface area contributed by atoms with Gasteiger partial charge < -0.3 is 4.74 Å². The third-order valence-corrected chi connectivity index (χ3v) is 4.45. The molecule has 0 unspecified atom stereocenters. The molecule has 20 heavy (non-hydrogen) atoms. The lowest BCUT2D eigenvalue weighted by atomic mass is 10.0. The number of hydrogen-bond acceptors (Lipinski definition) is 3. The van der Waals surface area contributed by atoms with Gasteiger partial charge in [0.2, 0.25) is 0 Å². The van der Waals surface area contributed by atoms with Crippen LogP contribution in [0.3, 0.4) is 0 Å². The summed E-state index contributed by atoms with van der Waals surface area (Å²) in [6.45, 7) is 6.32. The number of rotatable bonds is 6. The van der Waals surface area contributed by atoms with Gasteiger partial charge in [-0.25, -0.2) is 0 Å². The number of carbonyl (C=O) groups is 1. The molecule has 2 nitrogen and oxygen atoms in total. The zero-order chi connectivity index (χ0) is 14.7. The highest BCUT2D eigenvalue weighted by molar-refractivity contribution is 7.20. The van der Waals surface area contributed by atoms with Gasteiger partial charge in [0.25, 0.3) is 0 Å². The number of ketones is 1. The zero-order valence-corrected chi connectivity index (χ0v) is 13.5. The number of hydrogen-bond donors (Lipinski definition) is 0. The van der Waals surface area contributed by atoms with Gasteiger partial charge in [-0.2, -0.15) is 0 Å². The van der Waals surface area contributed by atoms with Crippen LogP contribution < -0.4 is 4.74 Å². The first-order chi connectivity index (χ1) is 9.55. The number of aryl methyl sites for hydroxylation is 1. The van der Waals surface area contributed by atoms with Crippen molar-refractivity contribution in [1.29, 1.82) is 0 Å². The van der Waals surface area contributed by atoms with E-state index in [9.17, 15) is 4.79 Å². The first kappa shape index (κ1) is 15.0. The van der Waals surface area contributed by atoms with E-state index in [1.54, 1.807) is 18.4 Å². The topological polar surface area (TPSA) is 26.3 Å². The normalized spacial score (nSPS) is 11.2. The Labute approximate surface area is 124 Å². The van der Waals surface area contributed by atoms with Gasteiger partial charge in [-0.05, 0) is 41.5 Å². The fourth-order valence-electron chi connectivity index (χ4n) is 2.38. The number of ether oxygens (including phenoxy) is 1. The van der Waals surface area contributed by atoms with E-state index >= 15 is 0 Å². The van der Waals surface area contributed by atoms with Crippen molar-refractivity contribution in [2.75, 3.05) is 7.11 Å². The Balaban J connectivity index is 2.40. The Kier molecular flexibility index (Phi) is 4.81. The second kappa shape index (κ2) is 6.40. The van der Waals surface area contributed by atoms with Gasteiger partial charge in [-0.3, -0.25) is 4.79 Å². The minimum atomic E-state index is 0.247. The molecule has 2 aromatic rings. The molecule has 0 radical (unpaired) electrons. The lowest BCUT2D eigenvalue weighted by molar-refractivity contribution is 0.0972. The summed E-state index contributed by atoms with van der Waals surface area (Å²) in [6, 6.07) is 6.26. The Hall–Kier alpha value is -1.35. The van der Waals surface area contributed by atoms with Crippen molar-refractivity contribution in [3.05, 3.63) is 28.6 Å². The van der Waals surface area contributed by atoms with Gasteiger partial charge in [-0.1, -0.05) is 27.2 Å². The van der Waals surface area contributed by atoms with Crippen LogP contribution in [-0.4, -0.2) is 12.9 Å². The maximum atomic E-state index is 12.2. The van der Waals surface area contributed by atoms with E-state index in [2.05, 4.69) is 32.9 Å². The molecule has 0 amide bonds. The van der Waals surface area contributed by atoms with Gasteiger partial charge in [0.15, 0.2) is 5.78 Å². The van der Waals surface area contributed by atoms with E-state index in [4.69, 9.17) is 4.74 Å². The summed E-state index contributed by atoms with van der Waals surface area (Å²) in [5.41, 5.74) is 1.23. The average molecular weight is 290 g/mol. The molecule has 0 aliphatic carbocycles. The van der Waals surface area contributed by atoms with Gasteiger partial charge >= 0.3 is 0 Å². The highest BCUT2D eigenvalue weighted by Gasteiger charge is 2.14. The summed E-state index contributed by atoms with van der Waals surface area (Å²) in [7, 11) is 1.71. The summed E-state index contributed by atoms with van der Waals surface area (Å²) in [5.74, 6) is 1.58. The standard InChI is InChI=1S/C17H22O2S/c1-5-6-12-8-13-9-17(14(18)7-11(2)3)20-16(13)10-15(12)19-4/h8-11H,5-7H2,1-4H3. The van der Waals surface area contributed by atoms with Crippen LogP contribution in [0.2, 0.25) is 0 Å². The monoisotopic (exact) mass is 290 g/mol. The lowest BCUT2D eigenvalue weighted by Gasteiger charge is -2.07. The first-order valence-electron chi connectivity index (χ1n) is 7.18. The zero-order valence-electron chi connectivity index (χ0n) is 12.7. The van der Waals surface area contributed by atoms with Crippen LogP contribution in [0.5, 0.6) is 5.75 Å². The molecule has 3 heteroatoms. The summed E-state index contributed by atoms with van der Waals surface area (Å²) in [4.78, 5) is 13.0. The van der Waals surface area contributed by atoms with Gasteiger partial charge in [0, 0.05) is 11.1 Å². The van der Waals surface area contributed by atoms with E-state index in [0.29, 0.717) is 12.3 Å². The predicted octanol–water partition coefficient (Wildman–Crippen LogP) is 5.09.